The molecule has 0 aromatic heterocycles. The number of piperidine rings is 1. The lowest BCUT2D eigenvalue weighted by atomic mass is 10.0. The normalized spacial score (nSPS) is 23.2. The Kier molecular flexibility index (Phi) is 6.59. The molecule has 0 aliphatic carbocycles. The first-order chi connectivity index (χ1) is 6.18. The van der Waals surface area contributed by atoms with E-state index in [0.717, 1.165) is 19.0 Å². The average molecular weight is 186 g/mol. The Balaban J connectivity index is 0.000000671. The number of amides is 1. The molecule has 1 aliphatic rings. The minimum Gasteiger partial charge on any atom is -0.369 e. The predicted molar refractivity (Wildman–Crippen MR) is 55.4 cm³/mol. The molecule has 3 heteroatoms. The van der Waals surface area contributed by atoms with Crippen molar-refractivity contribution in [3.63, 3.8) is 0 Å². The second-order valence-electron chi connectivity index (χ2n) is 3.45. The number of likely N-dealkylation sites (tertiary alicyclic amines) is 1. The number of nitrogens with zero attached hydrogens (tertiary/aromatic N) is 1. The van der Waals surface area contributed by atoms with Gasteiger partial charge in [0.1, 0.15) is 0 Å². The van der Waals surface area contributed by atoms with E-state index in [4.69, 9.17) is 5.73 Å². The lowest BCUT2D eigenvalue weighted by Crippen LogP contribution is -2.40. The molecule has 13 heavy (non-hydrogen) atoms. The van der Waals surface area contributed by atoms with Crippen LogP contribution in [0, 0.1) is 5.92 Å². The predicted octanol–water partition coefficient (Wildman–Crippen LogP) is 1.23. The maximum atomic E-state index is 10.6. The van der Waals surface area contributed by atoms with Crippen LogP contribution in [0.15, 0.2) is 0 Å². The highest BCUT2D eigenvalue weighted by Crippen LogP contribution is 2.14. The summed E-state index contributed by atoms with van der Waals surface area (Å²) in [6, 6.07) is 0. The highest BCUT2D eigenvalue weighted by Gasteiger charge is 2.16. The summed E-state index contributed by atoms with van der Waals surface area (Å²) in [5.74, 6) is 0.516. The van der Waals surface area contributed by atoms with Crippen molar-refractivity contribution < 1.29 is 4.79 Å². The van der Waals surface area contributed by atoms with E-state index in [1.165, 1.54) is 12.8 Å². The summed E-state index contributed by atoms with van der Waals surface area (Å²) in [7, 11) is 0. The van der Waals surface area contributed by atoms with Crippen molar-refractivity contribution in [1.82, 2.24) is 4.90 Å². The van der Waals surface area contributed by atoms with Gasteiger partial charge in [0.25, 0.3) is 0 Å². The SMILES string of the molecule is CC.CC1CCCN(CC(N)=O)C1. The Morgan fingerprint density at radius 2 is 2.15 bits per heavy atom. The first kappa shape index (κ1) is 12.4. The van der Waals surface area contributed by atoms with Crippen LogP contribution in [0.25, 0.3) is 0 Å². The van der Waals surface area contributed by atoms with Gasteiger partial charge in [-0.3, -0.25) is 9.69 Å². The molecule has 0 saturated carbocycles. The van der Waals surface area contributed by atoms with Crippen molar-refractivity contribution in [2.24, 2.45) is 11.7 Å². The smallest absolute Gasteiger partial charge is 0.231 e. The van der Waals surface area contributed by atoms with Crippen LogP contribution in [0.4, 0.5) is 0 Å². The van der Waals surface area contributed by atoms with Crippen molar-refractivity contribution in [2.45, 2.75) is 33.6 Å². The van der Waals surface area contributed by atoms with Gasteiger partial charge in [0.15, 0.2) is 0 Å². The van der Waals surface area contributed by atoms with Gasteiger partial charge in [-0.25, -0.2) is 0 Å². The highest BCUT2D eigenvalue weighted by molar-refractivity contribution is 5.75. The van der Waals surface area contributed by atoms with Gasteiger partial charge < -0.3 is 5.73 Å². The van der Waals surface area contributed by atoms with Crippen LogP contribution in [-0.2, 0) is 4.79 Å². The van der Waals surface area contributed by atoms with Crippen LogP contribution in [0.3, 0.4) is 0 Å². The number of rotatable bonds is 2. The van der Waals surface area contributed by atoms with E-state index in [9.17, 15) is 4.79 Å². The van der Waals surface area contributed by atoms with Crippen molar-refractivity contribution >= 4 is 5.91 Å². The standard InChI is InChI=1S/C8H16N2O.C2H6/c1-7-3-2-4-10(5-7)6-8(9)11;1-2/h7H,2-6H2,1H3,(H2,9,11);1-2H3. The van der Waals surface area contributed by atoms with Gasteiger partial charge in [0.05, 0.1) is 6.54 Å². The van der Waals surface area contributed by atoms with Gasteiger partial charge in [0.2, 0.25) is 5.91 Å². The summed E-state index contributed by atoms with van der Waals surface area (Å²) in [6.45, 7) is 8.72. The number of nitrogens with two attached hydrogens (primary N) is 1. The second-order valence-corrected chi connectivity index (χ2v) is 3.45. The molecule has 1 aliphatic heterocycles. The molecule has 1 amide bonds. The van der Waals surface area contributed by atoms with E-state index < -0.39 is 0 Å². The van der Waals surface area contributed by atoms with E-state index in [2.05, 4.69) is 11.8 Å². The maximum absolute atomic E-state index is 10.6. The summed E-state index contributed by atoms with van der Waals surface area (Å²) >= 11 is 0. The molecule has 1 atom stereocenters. The van der Waals surface area contributed by atoms with Crippen molar-refractivity contribution in [3.05, 3.63) is 0 Å². The Bertz CT molecular complexity index is 148. The number of carbonyl (C=O) groups excluding carboxylic acids is 1. The number of carbonyl (C=O) groups is 1. The largest absolute Gasteiger partial charge is 0.369 e. The molecule has 2 N–H and O–H groups in total. The fraction of sp³-hybridized carbons (Fsp3) is 0.900. The van der Waals surface area contributed by atoms with E-state index in [-0.39, 0.29) is 5.91 Å². The zero-order valence-electron chi connectivity index (χ0n) is 9.05. The van der Waals surface area contributed by atoms with Gasteiger partial charge in [-0.15, -0.1) is 0 Å². The van der Waals surface area contributed by atoms with Crippen molar-refractivity contribution in [3.8, 4) is 0 Å². The molecule has 0 bridgehead atoms. The second kappa shape index (κ2) is 6.89. The lowest BCUT2D eigenvalue weighted by molar-refractivity contribution is -0.119. The summed E-state index contributed by atoms with van der Waals surface area (Å²) in [4.78, 5) is 12.7. The van der Waals surface area contributed by atoms with E-state index in [1.807, 2.05) is 13.8 Å². The molecule has 0 radical (unpaired) electrons. The zero-order valence-corrected chi connectivity index (χ0v) is 9.05. The van der Waals surface area contributed by atoms with Gasteiger partial charge >= 0.3 is 0 Å². The molecule has 3 nitrogen and oxygen atoms in total. The van der Waals surface area contributed by atoms with Crippen LogP contribution in [0.5, 0.6) is 0 Å². The first-order valence-corrected chi connectivity index (χ1v) is 5.19. The molecule has 1 rings (SSSR count). The minimum absolute atomic E-state index is 0.209. The molecule has 78 valence electrons. The first-order valence-electron chi connectivity index (χ1n) is 5.19. The zero-order chi connectivity index (χ0) is 10.3. The summed E-state index contributed by atoms with van der Waals surface area (Å²) < 4.78 is 0. The lowest BCUT2D eigenvalue weighted by Gasteiger charge is -2.29. The molecule has 1 saturated heterocycles. The van der Waals surface area contributed by atoms with Gasteiger partial charge in [0, 0.05) is 6.54 Å². The van der Waals surface area contributed by atoms with Crippen LogP contribution >= 0.6 is 0 Å². The molecule has 0 spiro atoms. The third kappa shape index (κ3) is 5.64. The van der Waals surface area contributed by atoms with Crippen LogP contribution < -0.4 is 5.73 Å². The molecule has 1 fully saturated rings. The third-order valence-corrected chi connectivity index (χ3v) is 2.12. The van der Waals surface area contributed by atoms with E-state index >= 15 is 0 Å². The third-order valence-electron chi connectivity index (χ3n) is 2.12. The van der Waals surface area contributed by atoms with Crippen LogP contribution in [-0.4, -0.2) is 30.4 Å². The Labute approximate surface area is 81.3 Å². The summed E-state index contributed by atoms with van der Waals surface area (Å²) in [6.07, 6.45) is 2.49. The molecule has 0 aromatic carbocycles. The molecule has 1 unspecified atom stereocenters. The average Bonchev–Trinajstić information content (AvgIpc) is 2.06. The Morgan fingerprint density at radius 3 is 2.62 bits per heavy atom. The fourth-order valence-corrected chi connectivity index (χ4v) is 1.65. The summed E-state index contributed by atoms with van der Waals surface area (Å²) in [5.41, 5.74) is 5.09. The topological polar surface area (TPSA) is 46.3 Å². The number of hydrogen-bond donors (Lipinski definition) is 1. The van der Waals surface area contributed by atoms with E-state index in [0.29, 0.717) is 6.54 Å². The minimum atomic E-state index is -0.209. The maximum Gasteiger partial charge on any atom is 0.231 e. The molecule has 0 aromatic rings. The van der Waals surface area contributed by atoms with E-state index in [1.54, 1.807) is 0 Å². The fourth-order valence-electron chi connectivity index (χ4n) is 1.65. The molecule has 1 heterocycles. The Hall–Kier alpha value is -0.570. The summed E-state index contributed by atoms with van der Waals surface area (Å²) in [5, 5.41) is 0. The Morgan fingerprint density at radius 1 is 1.54 bits per heavy atom. The quantitative estimate of drug-likeness (QED) is 0.705. The van der Waals surface area contributed by atoms with Crippen molar-refractivity contribution in [2.75, 3.05) is 19.6 Å². The van der Waals surface area contributed by atoms with Crippen LogP contribution in [0.1, 0.15) is 33.6 Å². The van der Waals surface area contributed by atoms with Gasteiger partial charge in [-0.2, -0.15) is 0 Å². The van der Waals surface area contributed by atoms with Crippen molar-refractivity contribution in [1.29, 1.82) is 0 Å². The van der Waals surface area contributed by atoms with Gasteiger partial charge in [-0.1, -0.05) is 20.8 Å². The molecular weight excluding hydrogens is 164 g/mol. The number of primary amides is 1. The monoisotopic (exact) mass is 186 g/mol. The highest BCUT2D eigenvalue weighted by atomic mass is 16.1. The number of hydrogen-bond acceptors (Lipinski definition) is 2. The van der Waals surface area contributed by atoms with Gasteiger partial charge in [-0.05, 0) is 25.3 Å². The van der Waals surface area contributed by atoms with Crippen LogP contribution in [0.2, 0.25) is 0 Å². The molecular formula is C10H22N2O.